The second-order valence-corrected chi connectivity index (χ2v) is 49.3. The van der Waals surface area contributed by atoms with Crippen molar-refractivity contribution in [2.75, 3.05) is 57.1 Å². The van der Waals surface area contributed by atoms with Crippen molar-refractivity contribution in [3.63, 3.8) is 0 Å². The second kappa shape index (κ2) is 61.9. The van der Waals surface area contributed by atoms with Crippen LogP contribution in [-0.2, 0) is 90.2 Å². The number of anilines is 1. The molecule has 36 heteroatoms. The average molecular weight is 2090 g/mol. The van der Waals surface area contributed by atoms with Crippen molar-refractivity contribution >= 4 is 95.9 Å². The Labute approximate surface area is 834 Å². The highest BCUT2D eigenvalue weighted by molar-refractivity contribution is 7.93. The van der Waals surface area contributed by atoms with Crippen LogP contribution in [-0.4, -0.2) is 149 Å². The molecule has 10 aromatic carbocycles. The van der Waals surface area contributed by atoms with Crippen LogP contribution < -0.4 is 33.1 Å². The maximum atomic E-state index is 12.2. The quantitative estimate of drug-likeness (QED) is 0.0179. The predicted octanol–water partition coefficient (Wildman–Crippen LogP) is 19.7. The molecule has 0 aliphatic heterocycles. The number of hydrogen-bond donors (Lipinski definition) is 7. The molecule has 139 heavy (non-hydrogen) atoms. The zero-order valence-electron chi connectivity index (χ0n) is 83.5. The molecule has 0 atom stereocenters. The van der Waals surface area contributed by atoms with Gasteiger partial charge in [0.25, 0.3) is 10.0 Å². The average Bonchev–Trinajstić information content (AvgIpc) is 0.793. The molecule has 12 rings (SSSR count). The van der Waals surface area contributed by atoms with Crippen molar-refractivity contribution in [2.24, 2.45) is 0 Å². The van der Waals surface area contributed by atoms with E-state index in [1.54, 1.807) is 202 Å². The molecule has 2 saturated carbocycles. The van der Waals surface area contributed by atoms with E-state index in [0.29, 0.717) is 102 Å². The van der Waals surface area contributed by atoms with Gasteiger partial charge in [-0.05, 0) is 226 Å². The smallest absolute Gasteiger partial charge is 0.262 e. The minimum Gasteiger partial charge on any atom is -0.280 e. The fraction of sp³-hybridized carbons (Fsp3) is 0.417. The summed E-state index contributed by atoms with van der Waals surface area (Å²) in [5, 5.41) is 0. The van der Waals surface area contributed by atoms with Crippen molar-refractivity contribution < 1.29 is 75.8 Å². The van der Waals surface area contributed by atoms with Crippen LogP contribution >= 0.6 is 0 Å². The van der Waals surface area contributed by atoms with Crippen LogP contribution in [0.15, 0.2) is 299 Å². The third-order valence-electron chi connectivity index (χ3n) is 21.9. The molecule has 0 saturated heterocycles. The first-order valence-electron chi connectivity index (χ1n) is 47.3. The van der Waals surface area contributed by atoms with E-state index in [9.17, 15) is 75.8 Å². The third kappa shape index (κ3) is 43.5. The highest BCUT2D eigenvalue weighted by atomic mass is 32.2. The molecular weight excluding hydrogens is 1940 g/mol. The van der Waals surface area contributed by atoms with Crippen molar-refractivity contribution in [2.45, 2.75) is 276 Å². The van der Waals surface area contributed by atoms with Gasteiger partial charge in [0.05, 0.1) is 44.1 Å². The van der Waals surface area contributed by atoms with Crippen LogP contribution in [0.2, 0.25) is 0 Å². The fourth-order valence-corrected chi connectivity index (χ4v) is 25.7. The normalized spacial score (nSPS) is 13.2. The monoisotopic (exact) mass is 2090 g/mol. The molecule has 0 aromatic heterocycles. The first-order valence-corrected chi connectivity index (χ1v) is 60.6. The van der Waals surface area contributed by atoms with Crippen LogP contribution in [0.5, 0.6) is 0 Å². The maximum Gasteiger partial charge on any atom is 0.262 e. The Kier molecular flexibility index (Phi) is 54.6. The summed E-state index contributed by atoms with van der Waals surface area (Å²) in [7, 11) is -29.9. The lowest BCUT2D eigenvalue weighted by Gasteiger charge is -2.23. The molecule has 2 aliphatic rings. The molecule has 0 heterocycles. The van der Waals surface area contributed by atoms with E-state index in [-0.39, 0.29) is 12.1 Å². The number of rotatable bonds is 36. The standard InChI is InChI=1S/C13H19NO2S.C13H13NO2S.C13H19NO2S.4C11H17NO2S.2C10H15NO2S/c2*1-11-7-5-6-10-13(11)17(15,16)14-12-8-3-2-4-9-12;1-11-7-9-13(10-8-11)17(15,16)14-12-5-3-2-4-6-12;1-4-12(5-2)15(13,14)11-8-6-10(3)7-9-11;1-4-12(5-2)15(13,14)11-9-7-6-8-10(11)3;2*1-3-4-9-12-15(13,14)11-7-5-10(2)6-8-11;1-3-8-11-14(12,13)10-7-5-4-6-9(10)2;1-2-3-9-11-14(12,13)10-7-5-4-6-8-10/h5-7,10,12,14H,2-4,8-9H2,1H3;2-10,14H,1H3;7-10,12,14H,2-6H2,1H3;2*6-9H,4-5H2,1-3H3;2*5-8,12H,3-4,9H2,1-2H3;4-7,11H,3,8H2,1-2H3;4-8,11H,2-3,9H2,1H3. The van der Waals surface area contributed by atoms with E-state index in [1.165, 1.54) is 21.5 Å². The van der Waals surface area contributed by atoms with Gasteiger partial charge in [-0.25, -0.2) is 104 Å². The molecule has 2 aliphatic carbocycles. The van der Waals surface area contributed by atoms with E-state index < -0.39 is 90.2 Å². The molecule has 27 nitrogen and oxygen atoms in total. The third-order valence-corrected chi connectivity index (χ3v) is 37.0. The van der Waals surface area contributed by atoms with Gasteiger partial charge in [0.2, 0.25) is 80.2 Å². The lowest BCUT2D eigenvalue weighted by atomic mass is 9.96. The van der Waals surface area contributed by atoms with Gasteiger partial charge in [-0.3, -0.25) is 4.72 Å². The van der Waals surface area contributed by atoms with Gasteiger partial charge in [0, 0.05) is 70.1 Å². The van der Waals surface area contributed by atoms with E-state index in [1.807, 2.05) is 164 Å². The number of nitrogens with zero attached hydrogens (tertiary/aromatic N) is 2. The summed E-state index contributed by atoms with van der Waals surface area (Å²) in [5.41, 5.74) is 7.92. The van der Waals surface area contributed by atoms with Crippen LogP contribution in [0.3, 0.4) is 0 Å². The van der Waals surface area contributed by atoms with Crippen molar-refractivity contribution in [1.82, 2.24) is 36.9 Å². The molecule has 2 fully saturated rings. The number of hydrogen-bond acceptors (Lipinski definition) is 18. The van der Waals surface area contributed by atoms with Gasteiger partial charge in [-0.2, -0.15) is 8.61 Å². The van der Waals surface area contributed by atoms with Gasteiger partial charge in [-0.15, -0.1) is 0 Å². The summed E-state index contributed by atoms with van der Waals surface area (Å²) in [6.45, 7) is 34.4. The SMILES string of the molecule is CCCCNS(=O)(=O)c1ccc(C)cc1.CCCCNS(=O)(=O)c1ccc(C)cc1.CCCCNS(=O)(=O)c1ccccc1.CCCNS(=O)(=O)c1ccccc1C.CCN(CC)S(=O)(=O)c1ccc(C)cc1.CCN(CC)S(=O)(=O)c1ccccc1C.Cc1ccc(S(=O)(=O)NC2CCCCC2)cc1.Cc1ccccc1S(=O)(=O)NC1CCCCC1.Cc1ccccc1S(=O)(=O)Nc1ccccc1. The minimum absolute atomic E-state index is 0.119. The number of sulfonamides is 9. The number of aryl methyl sites for hydroxylation is 8. The molecule has 0 radical (unpaired) electrons. The van der Waals surface area contributed by atoms with Gasteiger partial charge in [0.15, 0.2) is 0 Å². The molecule has 0 bridgehead atoms. The lowest BCUT2D eigenvalue weighted by molar-refractivity contribution is 0.412. The number of unbranched alkanes of at least 4 members (excludes halogenated alkanes) is 3. The summed E-state index contributed by atoms with van der Waals surface area (Å²) in [6.07, 6.45) is 17.2. The van der Waals surface area contributed by atoms with Gasteiger partial charge >= 0.3 is 0 Å². The van der Waals surface area contributed by atoms with Crippen molar-refractivity contribution in [3.8, 4) is 0 Å². The summed E-state index contributed by atoms with van der Waals surface area (Å²) in [4.78, 5) is 3.24. The highest BCUT2D eigenvalue weighted by Crippen LogP contribution is 2.26. The molecule has 0 amide bonds. The summed E-state index contributed by atoms with van der Waals surface area (Å²) < 4.78 is 236. The van der Waals surface area contributed by atoms with Crippen LogP contribution in [0.1, 0.15) is 209 Å². The molecule has 768 valence electrons. The zero-order chi connectivity index (χ0) is 104. The molecule has 10 aromatic rings. The fourth-order valence-electron chi connectivity index (χ4n) is 13.7. The first-order chi connectivity index (χ1) is 65.7. The lowest BCUT2D eigenvalue weighted by Crippen LogP contribution is -2.36. The predicted molar refractivity (Wildman–Crippen MR) is 563 cm³/mol. The van der Waals surface area contributed by atoms with Crippen molar-refractivity contribution in [1.29, 1.82) is 0 Å². The Balaban J connectivity index is 0.000000327. The molecule has 0 spiro atoms. The molecule has 0 unspecified atom stereocenters. The Morgan fingerprint density at radius 2 is 0.496 bits per heavy atom. The van der Waals surface area contributed by atoms with E-state index in [0.717, 1.165) is 141 Å². The largest absolute Gasteiger partial charge is 0.280 e. The summed E-state index contributed by atoms with van der Waals surface area (Å²) >= 11 is 0. The van der Waals surface area contributed by atoms with Crippen LogP contribution in [0.4, 0.5) is 5.69 Å². The molecular formula is C103H149N9O18S9. The van der Waals surface area contributed by atoms with Gasteiger partial charge < -0.3 is 0 Å². The summed E-state index contributed by atoms with van der Waals surface area (Å²) in [5.74, 6) is 0. The zero-order valence-corrected chi connectivity index (χ0v) is 90.8. The maximum absolute atomic E-state index is 12.2. The Hall–Kier alpha value is -8.77. The van der Waals surface area contributed by atoms with Crippen LogP contribution in [0.25, 0.3) is 0 Å². The molecule has 7 N–H and O–H groups in total. The van der Waals surface area contributed by atoms with Gasteiger partial charge in [-0.1, -0.05) is 293 Å². The van der Waals surface area contributed by atoms with E-state index in [2.05, 4.69) is 33.1 Å². The first kappa shape index (κ1) is 123. The Morgan fingerprint density at radius 1 is 0.237 bits per heavy atom. The highest BCUT2D eigenvalue weighted by Gasteiger charge is 2.28. The minimum atomic E-state index is -3.49. The van der Waals surface area contributed by atoms with Gasteiger partial charge in [0.1, 0.15) is 0 Å². The summed E-state index contributed by atoms with van der Waals surface area (Å²) in [6, 6.07) is 73.2. The topological polar surface area (TPSA) is 398 Å². The Morgan fingerprint density at radius 3 is 0.813 bits per heavy atom. The van der Waals surface area contributed by atoms with Crippen molar-refractivity contribution in [3.05, 3.63) is 299 Å². The number of benzene rings is 10. The van der Waals surface area contributed by atoms with E-state index >= 15 is 0 Å². The van der Waals surface area contributed by atoms with Crippen LogP contribution in [0, 0.1) is 55.4 Å². The number of nitrogens with one attached hydrogen (secondary N) is 7. The number of para-hydroxylation sites is 1. The van der Waals surface area contributed by atoms with E-state index in [4.69, 9.17) is 0 Å². The Bertz CT molecular complexity index is 6300. The second-order valence-electron chi connectivity index (χ2n) is 33.3.